The van der Waals surface area contributed by atoms with Gasteiger partial charge in [-0.05, 0) is 12.3 Å². The highest BCUT2D eigenvalue weighted by molar-refractivity contribution is 7.89. The molecule has 0 aromatic carbocycles. The normalized spacial score (nSPS) is 22.4. The standard InChI is InChI=1S/C9H17NO5S/c1-15-4-5-16(13,14)10-3-2-8(7-10)6-9(11)12/h8H,2-7H2,1H3,(H,11,12). The molecule has 1 rings (SSSR count). The highest BCUT2D eigenvalue weighted by atomic mass is 32.2. The Hall–Kier alpha value is -0.660. The number of hydrogen-bond acceptors (Lipinski definition) is 4. The number of methoxy groups -OCH3 is 1. The molecular weight excluding hydrogens is 234 g/mol. The van der Waals surface area contributed by atoms with Gasteiger partial charge in [-0.25, -0.2) is 12.7 Å². The van der Waals surface area contributed by atoms with Gasteiger partial charge in [0.25, 0.3) is 0 Å². The van der Waals surface area contributed by atoms with E-state index in [1.807, 2.05) is 0 Å². The van der Waals surface area contributed by atoms with Gasteiger partial charge in [0.15, 0.2) is 0 Å². The van der Waals surface area contributed by atoms with Crippen molar-refractivity contribution in [1.82, 2.24) is 4.31 Å². The van der Waals surface area contributed by atoms with Gasteiger partial charge in [0, 0.05) is 26.6 Å². The van der Waals surface area contributed by atoms with Crippen LogP contribution >= 0.6 is 0 Å². The SMILES string of the molecule is COCCS(=O)(=O)N1CCC(CC(=O)O)C1. The van der Waals surface area contributed by atoms with Crippen LogP contribution in [0.25, 0.3) is 0 Å². The number of carboxylic acid groups (broad SMARTS) is 1. The summed E-state index contributed by atoms with van der Waals surface area (Å²) in [6, 6.07) is 0. The molecule has 0 aromatic heterocycles. The lowest BCUT2D eigenvalue weighted by Crippen LogP contribution is -2.32. The highest BCUT2D eigenvalue weighted by Crippen LogP contribution is 2.22. The van der Waals surface area contributed by atoms with Gasteiger partial charge in [0.05, 0.1) is 12.4 Å². The third-order valence-electron chi connectivity index (χ3n) is 2.65. The second-order valence-electron chi connectivity index (χ2n) is 3.92. The number of sulfonamides is 1. The van der Waals surface area contributed by atoms with Crippen molar-refractivity contribution in [3.05, 3.63) is 0 Å². The summed E-state index contributed by atoms with van der Waals surface area (Å²) in [5, 5.41) is 8.62. The third kappa shape index (κ3) is 3.73. The van der Waals surface area contributed by atoms with Crippen LogP contribution in [0.15, 0.2) is 0 Å². The van der Waals surface area contributed by atoms with E-state index in [2.05, 4.69) is 0 Å². The van der Waals surface area contributed by atoms with Crippen molar-refractivity contribution in [2.75, 3.05) is 32.6 Å². The molecule has 0 saturated carbocycles. The van der Waals surface area contributed by atoms with Crippen LogP contribution in [-0.2, 0) is 19.6 Å². The number of aliphatic carboxylic acids is 1. The second kappa shape index (κ2) is 5.60. The number of carboxylic acids is 1. The topological polar surface area (TPSA) is 83.9 Å². The number of hydrogen-bond donors (Lipinski definition) is 1. The lowest BCUT2D eigenvalue weighted by Gasteiger charge is -2.15. The zero-order valence-corrected chi connectivity index (χ0v) is 10.1. The van der Waals surface area contributed by atoms with E-state index in [9.17, 15) is 13.2 Å². The first-order valence-electron chi connectivity index (χ1n) is 5.14. The first kappa shape index (κ1) is 13.4. The summed E-state index contributed by atoms with van der Waals surface area (Å²) in [6.45, 7) is 0.908. The van der Waals surface area contributed by atoms with E-state index < -0.39 is 16.0 Å². The van der Waals surface area contributed by atoms with Crippen LogP contribution in [0.5, 0.6) is 0 Å². The minimum absolute atomic E-state index is 0.0380. The van der Waals surface area contributed by atoms with Gasteiger partial charge in [-0.2, -0.15) is 0 Å². The first-order valence-corrected chi connectivity index (χ1v) is 6.75. The predicted octanol–water partition coefficient (Wildman–Crippen LogP) is -0.241. The fourth-order valence-electron chi connectivity index (χ4n) is 1.78. The van der Waals surface area contributed by atoms with E-state index in [1.165, 1.54) is 11.4 Å². The maximum absolute atomic E-state index is 11.7. The van der Waals surface area contributed by atoms with Crippen molar-refractivity contribution in [2.45, 2.75) is 12.8 Å². The molecule has 1 saturated heterocycles. The average Bonchev–Trinajstić information content (AvgIpc) is 2.63. The van der Waals surface area contributed by atoms with Gasteiger partial charge in [-0.1, -0.05) is 0 Å². The van der Waals surface area contributed by atoms with Crippen LogP contribution in [0.4, 0.5) is 0 Å². The lowest BCUT2D eigenvalue weighted by atomic mass is 10.1. The fraction of sp³-hybridized carbons (Fsp3) is 0.889. The van der Waals surface area contributed by atoms with Crippen molar-refractivity contribution in [2.24, 2.45) is 5.92 Å². The van der Waals surface area contributed by atoms with Crippen molar-refractivity contribution in [3.8, 4) is 0 Å². The van der Waals surface area contributed by atoms with E-state index in [0.717, 1.165) is 0 Å². The Bertz CT molecular complexity index is 340. The molecule has 6 nitrogen and oxygen atoms in total. The minimum atomic E-state index is -3.28. The monoisotopic (exact) mass is 251 g/mol. The first-order chi connectivity index (χ1) is 7.45. The zero-order valence-electron chi connectivity index (χ0n) is 9.26. The molecule has 1 atom stereocenters. The van der Waals surface area contributed by atoms with Crippen molar-refractivity contribution >= 4 is 16.0 Å². The Kier molecular flexibility index (Phi) is 4.69. The summed E-state index contributed by atoms with van der Waals surface area (Å²) in [5.74, 6) is -0.973. The van der Waals surface area contributed by atoms with Crippen LogP contribution in [0.1, 0.15) is 12.8 Å². The molecule has 1 fully saturated rings. The predicted molar refractivity (Wildman–Crippen MR) is 57.6 cm³/mol. The summed E-state index contributed by atoms with van der Waals surface area (Å²) in [4.78, 5) is 10.5. The minimum Gasteiger partial charge on any atom is -0.481 e. The molecule has 1 N–H and O–H groups in total. The molecular formula is C9H17NO5S. The number of rotatable bonds is 6. The fourth-order valence-corrected chi connectivity index (χ4v) is 3.24. The van der Waals surface area contributed by atoms with Gasteiger partial charge in [-0.15, -0.1) is 0 Å². The Morgan fingerprint density at radius 1 is 1.56 bits per heavy atom. The van der Waals surface area contributed by atoms with Gasteiger partial charge in [0.2, 0.25) is 10.0 Å². The second-order valence-corrected chi connectivity index (χ2v) is 6.01. The Balaban J connectivity index is 2.48. The molecule has 1 aliphatic heterocycles. The molecule has 0 radical (unpaired) electrons. The van der Waals surface area contributed by atoms with E-state index in [1.54, 1.807) is 0 Å². The molecule has 94 valence electrons. The van der Waals surface area contributed by atoms with Crippen LogP contribution in [-0.4, -0.2) is 56.4 Å². The average molecular weight is 251 g/mol. The van der Waals surface area contributed by atoms with Gasteiger partial charge in [0.1, 0.15) is 0 Å². The largest absolute Gasteiger partial charge is 0.481 e. The smallest absolute Gasteiger partial charge is 0.303 e. The molecule has 1 heterocycles. The van der Waals surface area contributed by atoms with Crippen LogP contribution in [0, 0.1) is 5.92 Å². The maximum Gasteiger partial charge on any atom is 0.303 e. The molecule has 16 heavy (non-hydrogen) atoms. The summed E-state index contributed by atoms with van der Waals surface area (Å²) in [5.41, 5.74) is 0. The number of ether oxygens (including phenoxy) is 1. The molecule has 0 aromatic rings. The molecule has 0 spiro atoms. The van der Waals surface area contributed by atoms with Crippen molar-refractivity contribution < 1.29 is 23.1 Å². The third-order valence-corrected chi connectivity index (χ3v) is 4.45. The van der Waals surface area contributed by atoms with E-state index in [0.29, 0.717) is 19.5 Å². The Labute approximate surface area is 95.2 Å². The van der Waals surface area contributed by atoms with Crippen LogP contribution in [0.3, 0.4) is 0 Å². The number of carbonyl (C=O) groups is 1. The maximum atomic E-state index is 11.7. The zero-order chi connectivity index (χ0) is 12.2. The Morgan fingerprint density at radius 3 is 2.81 bits per heavy atom. The van der Waals surface area contributed by atoms with Crippen molar-refractivity contribution in [3.63, 3.8) is 0 Å². The summed E-state index contributed by atoms with van der Waals surface area (Å²) in [7, 11) is -1.82. The summed E-state index contributed by atoms with van der Waals surface area (Å²) in [6.07, 6.45) is 0.662. The molecule has 0 amide bonds. The molecule has 1 unspecified atom stereocenters. The molecule has 1 aliphatic rings. The highest BCUT2D eigenvalue weighted by Gasteiger charge is 2.31. The van der Waals surface area contributed by atoms with E-state index in [4.69, 9.17) is 9.84 Å². The summed E-state index contributed by atoms with van der Waals surface area (Å²) >= 11 is 0. The van der Waals surface area contributed by atoms with Gasteiger partial charge < -0.3 is 9.84 Å². The van der Waals surface area contributed by atoms with Crippen LogP contribution < -0.4 is 0 Å². The van der Waals surface area contributed by atoms with E-state index in [-0.39, 0.29) is 24.7 Å². The van der Waals surface area contributed by atoms with Gasteiger partial charge >= 0.3 is 5.97 Å². The van der Waals surface area contributed by atoms with Gasteiger partial charge in [-0.3, -0.25) is 4.79 Å². The van der Waals surface area contributed by atoms with Crippen LogP contribution in [0.2, 0.25) is 0 Å². The lowest BCUT2D eigenvalue weighted by molar-refractivity contribution is -0.137. The van der Waals surface area contributed by atoms with Crippen molar-refractivity contribution in [1.29, 1.82) is 0 Å². The quantitative estimate of drug-likeness (QED) is 0.704. The molecule has 0 bridgehead atoms. The van der Waals surface area contributed by atoms with E-state index >= 15 is 0 Å². The summed E-state index contributed by atoms with van der Waals surface area (Å²) < 4.78 is 29.5. The number of nitrogens with zero attached hydrogens (tertiary/aromatic N) is 1. The Morgan fingerprint density at radius 2 is 2.25 bits per heavy atom. The molecule has 7 heteroatoms. The molecule has 0 aliphatic carbocycles.